The van der Waals surface area contributed by atoms with Gasteiger partial charge in [0.1, 0.15) is 0 Å². The van der Waals surface area contributed by atoms with Crippen LogP contribution in [0.1, 0.15) is 34.9 Å². The van der Waals surface area contributed by atoms with Gasteiger partial charge in [-0.05, 0) is 25.0 Å². The first-order valence-electron chi connectivity index (χ1n) is 10.1. The molecule has 1 aliphatic carbocycles. The van der Waals surface area contributed by atoms with E-state index < -0.39 is 12.1 Å². The standard InChI is InChI=1S/C23H26N2O5S/c1-29-14-13-24-20(26)15-31-19-10-6-5-9-18(19)23(28)30-21(16-7-3-2-4-8-16)22(27)25-17-11-12-17/h2-10,17,21H,11-15H2,1H3,(H,24,26)(H,25,27). The van der Waals surface area contributed by atoms with Crippen molar-refractivity contribution >= 4 is 29.5 Å². The molecule has 8 heteroatoms. The molecule has 1 atom stereocenters. The molecule has 2 amide bonds. The minimum atomic E-state index is -1.04. The Bertz CT molecular complexity index is 902. The third kappa shape index (κ3) is 7.11. The lowest BCUT2D eigenvalue weighted by Crippen LogP contribution is -2.33. The van der Waals surface area contributed by atoms with Gasteiger partial charge >= 0.3 is 5.97 Å². The Hall–Kier alpha value is -2.84. The van der Waals surface area contributed by atoms with Gasteiger partial charge in [-0.1, -0.05) is 42.5 Å². The number of ether oxygens (including phenoxy) is 2. The smallest absolute Gasteiger partial charge is 0.340 e. The number of carbonyl (C=O) groups excluding carboxylic acids is 3. The van der Waals surface area contributed by atoms with Gasteiger partial charge in [0.25, 0.3) is 5.91 Å². The Morgan fingerprint density at radius 1 is 1.06 bits per heavy atom. The number of benzene rings is 2. The van der Waals surface area contributed by atoms with E-state index in [0.29, 0.717) is 29.2 Å². The predicted octanol–water partition coefficient (Wildman–Crippen LogP) is 2.72. The van der Waals surface area contributed by atoms with Crippen molar-refractivity contribution in [1.82, 2.24) is 10.6 Å². The normalized spacial score (nSPS) is 13.8. The maximum atomic E-state index is 13.0. The van der Waals surface area contributed by atoms with Gasteiger partial charge in [-0.15, -0.1) is 11.8 Å². The summed E-state index contributed by atoms with van der Waals surface area (Å²) < 4.78 is 10.6. The minimum Gasteiger partial charge on any atom is -0.444 e. The summed E-state index contributed by atoms with van der Waals surface area (Å²) >= 11 is 1.24. The molecule has 2 aromatic rings. The number of hydrogen-bond acceptors (Lipinski definition) is 6. The summed E-state index contributed by atoms with van der Waals surface area (Å²) in [6.07, 6.45) is 0.838. The first-order valence-corrected chi connectivity index (χ1v) is 11.1. The fourth-order valence-corrected chi connectivity index (χ4v) is 3.69. The number of carbonyl (C=O) groups is 3. The molecule has 1 aliphatic rings. The van der Waals surface area contributed by atoms with Crippen LogP contribution in [0.4, 0.5) is 0 Å². The molecule has 0 saturated heterocycles. The van der Waals surface area contributed by atoms with E-state index in [4.69, 9.17) is 9.47 Å². The van der Waals surface area contributed by atoms with E-state index in [-0.39, 0.29) is 23.6 Å². The van der Waals surface area contributed by atoms with Crippen molar-refractivity contribution < 1.29 is 23.9 Å². The summed E-state index contributed by atoms with van der Waals surface area (Å²) in [5.41, 5.74) is 0.925. The molecule has 2 N–H and O–H groups in total. The lowest BCUT2D eigenvalue weighted by Gasteiger charge is -2.19. The molecule has 1 saturated carbocycles. The molecule has 0 bridgehead atoms. The van der Waals surface area contributed by atoms with Gasteiger partial charge in [0, 0.05) is 30.2 Å². The van der Waals surface area contributed by atoms with Gasteiger partial charge in [-0.3, -0.25) is 9.59 Å². The van der Waals surface area contributed by atoms with Crippen molar-refractivity contribution in [2.24, 2.45) is 0 Å². The van der Waals surface area contributed by atoms with E-state index in [1.807, 2.05) is 6.07 Å². The van der Waals surface area contributed by atoms with Gasteiger partial charge < -0.3 is 20.1 Å². The highest BCUT2D eigenvalue weighted by atomic mass is 32.2. The first kappa shape index (κ1) is 22.8. The zero-order valence-corrected chi connectivity index (χ0v) is 18.2. The summed E-state index contributed by atoms with van der Waals surface area (Å²) in [5, 5.41) is 5.65. The van der Waals surface area contributed by atoms with E-state index >= 15 is 0 Å². The molecule has 0 aliphatic heterocycles. The minimum absolute atomic E-state index is 0.150. The summed E-state index contributed by atoms with van der Waals surface area (Å²) in [6.45, 7) is 0.859. The number of nitrogens with one attached hydrogen (secondary N) is 2. The van der Waals surface area contributed by atoms with Crippen LogP contribution in [0.25, 0.3) is 0 Å². The van der Waals surface area contributed by atoms with Crippen LogP contribution < -0.4 is 10.6 Å². The average molecular weight is 443 g/mol. The zero-order valence-electron chi connectivity index (χ0n) is 17.3. The molecule has 164 valence electrons. The maximum absolute atomic E-state index is 13.0. The molecule has 2 aromatic carbocycles. The van der Waals surface area contributed by atoms with Crippen molar-refractivity contribution in [3.63, 3.8) is 0 Å². The van der Waals surface area contributed by atoms with Crippen LogP contribution in [-0.2, 0) is 19.1 Å². The summed E-state index contributed by atoms with van der Waals surface area (Å²) in [5.74, 6) is -0.943. The van der Waals surface area contributed by atoms with Crippen molar-refractivity contribution in [1.29, 1.82) is 0 Å². The number of hydrogen-bond donors (Lipinski definition) is 2. The van der Waals surface area contributed by atoms with E-state index in [9.17, 15) is 14.4 Å². The molecule has 31 heavy (non-hydrogen) atoms. The monoisotopic (exact) mass is 442 g/mol. The number of rotatable bonds is 11. The molecular formula is C23H26N2O5S. The van der Waals surface area contributed by atoms with Gasteiger partial charge in [0.2, 0.25) is 12.0 Å². The van der Waals surface area contributed by atoms with E-state index in [1.165, 1.54) is 11.8 Å². The van der Waals surface area contributed by atoms with Crippen LogP contribution in [0.15, 0.2) is 59.5 Å². The highest BCUT2D eigenvalue weighted by Gasteiger charge is 2.31. The second-order valence-electron chi connectivity index (χ2n) is 7.11. The lowest BCUT2D eigenvalue weighted by molar-refractivity contribution is -0.130. The Kier molecular flexibility index (Phi) is 8.49. The van der Waals surface area contributed by atoms with E-state index in [2.05, 4.69) is 10.6 Å². The number of thioether (sulfide) groups is 1. The summed E-state index contributed by atoms with van der Waals surface area (Å²) in [4.78, 5) is 38.3. The number of esters is 1. The SMILES string of the molecule is COCCNC(=O)CSc1ccccc1C(=O)OC(C(=O)NC1CC1)c1ccccc1. The van der Waals surface area contributed by atoms with Crippen LogP contribution in [0.3, 0.4) is 0 Å². The zero-order chi connectivity index (χ0) is 22.1. The Labute approximate surface area is 185 Å². The Balaban J connectivity index is 1.69. The highest BCUT2D eigenvalue weighted by Crippen LogP contribution is 2.27. The number of amides is 2. The topological polar surface area (TPSA) is 93.7 Å². The van der Waals surface area contributed by atoms with Crippen molar-refractivity contribution in [2.75, 3.05) is 26.0 Å². The van der Waals surface area contributed by atoms with Gasteiger partial charge in [0.15, 0.2) is 0 Å². The van der Waals surface area contributed by atoms with Crippen molar-refractivity contribution in [3.05, 3.63) is 65.7 Å². The molecule has 1 unspecified atom stereocenters. The van der Waals surface area contributed by atoms with Crippen LogP contribution in [-0.4, -0.2) is 49.8 Å². The Morgan fingerprint density at radius 2 is 1.77 bits per heavy atom. The quantitative estimate of drug-likeness (QED) is 0.316. The largest absolute Gasteiger partial charge is 0.444 e. The molecule has 1 fully saturated rings. The molecule has 0 heterocycles. The fraction of sp³-hybridized carbons (Fsp3) is 0.348. The average Bonchev–Trinajstić information content (AvgIpc) is 3.60. The van der Waals surface area contributed by atoms with Crippen LogP contribution in [0.2, 0.25) is 0 Å². The highest BCUT2D eigenvalue weighted by molar-refractivity contribution is 8.00. The Morgan fingerprint density at radius 3 is 2.48 bits per heavy atom. The fourth-order valence-electron chi connectivity index (χ4n) is 2.82. The molecule has 0 aromatic heterocycles. The van der Waals surface area contributed by atoms with Crippen LogP contribution in [0.5, 0.6) is 0 Å². The first-order chi connectivity index (χ1) is 15.1. The van der Waals surface area contributed by atoms with Crippen molar-refractivity contribution in [3.8, 4) is 0 Å². The molecule has 0 spiro atoms. The summed E-state index contributed by atoms with van der Waals surface area (Å²) in [6, 6.07) is 16.0. The lowest BCUT2D eigenvalue weighted by atomic mass is 10.1. The van der Waals surface area contributed by atoms with Gasteiger partial charge in [-0.25, -0.2) is 4.79 Å². The number of methoxy groups -OCH3 is 1. The molecule has 7 nitrogen and oxygen atoms in total. The molecule has 0 radical (unpaired) electrons. The third-order valence-corrected chi connectivity index (χ3v) is 5.66. The van der Waals surface area contributed by atoms with Gasteiger partial charge in [-0.2, -0.15) is 0 Å². The maximum Gasteiger partial charge on any atom is 0.340 e. The second-order valence-corrected chi connectivity index (χ2v) is 8.12. The van der Waals surface area contributed by atoms with Gasteiger partial charge in [0.05, 0.1) is 17.9 Å². The summed E-state index contributed by atoms with van der Waals surface area (Å²) in [7, 11) is 1.57. The molecular weight excluding hydrogens is 416 g/mol. The second kappa shape index (κ2) is 11.5. The van der Waals surface area contributed by atoms with Crippen LogP contribution in [0, 0.1) is 0 Å². The van der Waals surface area contributed by atoms with Crippen molar-refractivity contribution in [2.45, 2.75) is 29.9 Å². The third-order valence-electron chi connectivity index (χ3n) is 4.58. The molecule has 3 rings (SSSR count). The van der Waals surface area contributed by atoms with E-state index in [0.717, 1.165) is 12.8 Å². The van der Waals surface area contributed by atoms with Crippen LogP contribution >= 0.6 is 11.8 Å². The van der Waals surface area contributed by atoms with E-state index in [1.54, 1.807) is 55.6 Å². The predicted molar refractivity (Wildman–Crippen MR) is 118 cm³/mol.